The monoisotopic (exact) mass is 292 g/mol. The molecule has 1 aromatic rings. The van der Waals surface area contributed by atoms with Crippen LogP contribution in [0.1, 0.15) is 31.7 Å². The summed E-state index contributed by atoms with van der Waals surface area (Å²) in [6.45, 7) is 6.48. The predicted molar refractivity (Wildman–Crippen MR) is 86.1 cm³/mol. The van der Waals surface area contributed by atoms with Gasteiger partial charge in [-0.3, -0.25) is 4.90 Å². The first-order valence-electron chi connectivity index (χ1n) is 7.92. The van der Waals surface area contributed by atoms with E-state index in [1.165, 1.54) is 24.8 Å². The van der Waals surface area contributed by atoms with Crippen molar-refractivity contribution >= 4 is 0 Å². The van der Waals surface area contributed by atoms with Gasteiger partial charge in [-0.2, -0.15) is 0 Å². The molecule has 118 valence electrons. The van der Waals surface area contributed by atoms with E-state index in [0.29, 0.717) is 6.04 Å². The lowest BCUT2D eigenvalue weighted by Crippen LogP contribution is -2.43. The molecule has 0 aromatic heterocycles. The molecule has 0 radical (unpaired) electrons. The number of likely N-dealkylation sites (N-methyl/N-ethyl adjacent to an activating group) is 1. The van der Waals surface area contributed by atoms with Crippen molar-refractivity contribution in [2.45, 2.75) is 38.8 Å². The number of nitrogens with zero attached hydrogens (tertiary/aromatic N) is 1. The maximum atomic E-state index is 5.35. The Kier molecular flexibility index (Phi) is 6.33. The van der Waals surface area contributed by atoms with Gasteiger partial charge in [0, 0.05) is 25.2 Å². The molecule has 1 fully saturated rings. The smallest absolute Gasteiger partial charge is 0.122 e. The SMILES string of the molecule is CCN(Cc1cc(OC)cc(OC)c1)CC1CCCCN1. The van der Waals surface area contributed by atoms with Crippen molar-refractivity contribution in [2.24, 2.45) is 0 Å². The maximum Gasteiger partial charge on any atom is 0.122 e. The van der Waals surface area contributed by atoms with E-state index in [2.05, 4.69) is 29.3 Å². The van der Waals surface area contributed by atoms with Crippen LogP contribution in [-0.4, -0.2) is 44.8 Å². The summed E-state index contributed by atoms with van der Waals surface area (Å²) in [6.07, 6.45) is 3.95. The van der Waals surface area contributed by atoms with Gasteiger partial charge in [-0.1, -0.05) is 13.3 Å². The van der Waals surface area contributed by atoms with Crippen molar-refractivity contribution in [3.63, 3.8) is 0 Å². The quantitative estimate of drug-likeness (QED) is 0.838. The summed E-state index contributed by atoms with van der Waals surface area (Å²) in [7, 11) is 3.39. The van der Waals surface area contributed by atoms with Gasteiger partial charge in [-0.25, -0.2) is 0 Å². The van der Waals surface area contributed by atoms with Crippen molar-refractivity contribution in [1.82, 2.24) is 10.2 Å². The number of piperidine rings is 1. The van der Waals surface area contributed by atoms with Crippen molar-refractivity contribution in [1.29, 1.82) is 0 Å². The normalized spacial score (nSPS) is 18.8. The summed E-state index contributed by atoms with van der Waals surface area (Å²) in [5.74, 6) is 1.72. The first-order chi connectivity index (χ1) is 10.2. The lowest BCUT2D eigenvalue weighted by atomic mass is 10.0. The maximum absolute atomic E-state index is 5.35. The van der Waals surface area contributed by atoms with E-state index in [4.69, 9.17) is 9.47 Å². The lowest BCUT2D eigenvalue weighted by Gasteiger charge is -2.30. The fourth-order valence-electron chi connectivity index (χ4n) is 2.91. The minimum atomic E-state index is 0.631. The molecule has 1 N–H and O–H groups in total. The van der Waals surface area contributed by atoms with E-state index < -0.39 is 0 Å². The van der Waals surface area contributed by atoms with Crippen LogP contribution in [0.4, 0.5) is 0 Å². The highest BCUT2D eigenvalue weighted by Gasteiger charge is 2.16. The van der Waals surface area contributed by atoms with Crippen molar-refractivity contribution < 1.29 is 9.47 Å². The van der Waals surface area contributed by atoms with E-state index in [-0.39, 0.29) is 0 Å². The zero-order valence-electron chi connectivity index (χ0n) is 13.5. The van der Waals surface area contributed by atoms with Crippen LogP contribution in [0.3, 0.4) is 0 Å². The highest BCUT2D eigenvalue weighted by Crippen LogP contribution is 2.23. The molecule has 0 saturated carbocycles. The van der Waals surface area contributed by atoms with E-state index >= 15 is 0 Å². The van der Waals surface area contributed by atoms with Crippen molar-refractivity contribution in [3.05, 3.63) is 23.8 Å². The molecule has 4 nitrogen and oxygen atoms in total. The molecule has 1 saturated heterocycles. The molecular formula is C17H28N2O2. The topological polar surface area (TPSA) is 33.7 Å². The van der Waals surface area contributed by atoms with Crippen LogP contribution in [0.2, 0.25) is 0 Å². The number of hydrogen-bond acceptors (Lipinski definition) is 4. The third-order valence-electron chi connectivity index (χ3n) is 4.16. The molecule has 0 amide bonds. The molecule has 0 aliphatic carbocycles. The Balaban J connectivity index is 1.99. The highest BCUT2D eigenvalue weighted by molar-refractivity contribution is 5.38. The summed E-state index contributed by atoms with van der Waals surface area (Å²) in [5.41, 5.74) is 1.24. The molecule has 0 bridgehead atoms. The second-order valence-electron chi connectivity index (χ2n) is 5.70. The number of benzene rings is 1. The Hall–Kier alpha value is -1.26. The van der Waals surface area contributed by atoms with Gasteiger partial charge >= 0.3 is 0 Å². The molecule has 1 atom stereocenters. The van der Waals surface area contributed by atoms with E-state index in [1.807, 2.05) is 6.07 Å². The van der Waals surface area contributed by atoms with Gasteiger partial charge in [-0.15, -0.1) is 0 Å². The van der Waals surface area contributed by atoms with Crippen LogP contribution < -0.4 is 14.8 Å². The Morgan fingerprint density at radius 3 is 2.38 bits per heavy atom. The van der Waals surface area contributed by atoms with Gasteiger partial charge in [0.05, 0.1) is 14.2 Å². The van der Waals surface area contributed by atoms with Crippen LogP contribution >= 0.6 is 0 Å². The van der Waals surface area contributed by atoms with E-state index in [9.17, 15) is 0 Å². The molecule has 1 unspecified atom stereocenters. The number of nitrogens with one attached hydrogen (secondary N) is 1. The Bertz CT molecular complexity index is 409. The van der Waals surface area contributed by atoms with Gasteiger partial charge in [0.25, 0.3) is 0 Å². The molecule has 4 heteroatoms. The van der Waals surface area contributed by atoms with Gasteiger partial charge in [0.15, 0.2) is 0 Å². The molecule has 2 rings (SSSR count). The third kappa shape index (κ3) is 4.90. The van der Waals surface area contributed by atoms with Crippen LogP contribution in [-0.2, 0) is 6.54 Å². The second-order valence-corrected chi connectivity index (χ2v) is 5.70. The largest absolute Gasteiger partial charge is 0.497 e. The van der Waals surface area contributed by atoms with Gasteiger partial charge in [0.2, 0.25) is 0 Å². The average Bonchev–Trinajstić information content (AvgIpc) is 2.54. The number of methoxy groups -OCH3 is 2. The average molecular weight is 292 g/mol. The summed E-state index contributed by atoms with van der Waals surface area (Å²) in [6, 6.07) is 6.74. The highest BCUT2D eigenvalue weighted by atomic mass is 16.5. The Labute approximate surface area is 128 Å². The molecule has 1 heterocycles. The van der Waals surface area contributed by atoms with E-state index in [0.717, 1.165) is 37.7 Å². The number of hydrogen-bond donors (Lipinski definition) is 1. The molecule has 1 aliphatic heterocycles. The molecule has 0 spiro atoms. The van der Waals surface area contributed by atoms with Gasteiger partial charge in [-0.05, 0) is 43.6 Å². The fourth-order valence-corrected chi connectivity index (χ4v) is 2.91. The summed E-state index contributed by atoms with van der Waals surface area (Å²) >= 11 is 0. The summed E-state index contributed by atoms with van der Waals surface area (Å²) in [4.78, 5) is 2.48. The summed E-state index contributed by atoms with van der Waals surface area (Å²) < 4.78 is 10.7. The molecule has 21 heavy (non-hydrogen) atoms. The fraction of sp³-hybridized carbons (Fsp3) is 0.647. The lowest BCUT2D eigenvalue weighted by molar-refractivity contribution is 0.226. The van der Waals surface area contributed by atoms with E-state index in [1.54, 1.807) is 14.2 Å². The predicted octanol–water partition coefficient (Wildman–Crippen LogP) is 2.67. The third-order valence-corrected chi connectivity index (χ3v) is 4.16. The van der Waals surface area contributed by atoms with Crippen LogP contribution in [0.15, 0.2) is 18.2 Å². The Morgan fingerprint density at radius 1 is 1.14 bits per heavy atom. The van der Waals surface area contributed by atoms with Crippen LogP contribution in [0.5, 0.6) is 11.5 Å². The molecule has 1 aliphatic rings. The van der Waals surface area contributed by atoms with Gasteiger partial charge in [0.1, 0.15) is 11.5 Å². The first-order valence-corrected chi connectivity index (χ1v) is 7.92. The Morgan fingerprint density at radius 2 is 1.86 bits per heavy atom. The zero-order chi connectivity index (χ0) is 15.1. The molecular weight excluding hydrogens is 264 g/mol. The summed E-state index contributed by atoms with van der Waals surface area (Å²) in [5, 5.41) is 3.62. The number of rotatable bonds is 7. The molecule has 1 aromatic carbocycles. The minimum Gasteiger partial charge on any atom is -0.497 e. The van der Waals surface area contributed by atoms with Crippen LogP contribution in [0, 0.1) is 0 Å². The van der Waals surface area contributed by atoms with Crippen molar-refractivity contribution in [3.8, 4) is 11.5 Å². The number of ether oxygens (including phenoxy) is 2. The van der Waals surface area contributed by atoms with Crippen molar-refractivity contribution in [2.75, 3.05) is 33.9 Å². The standard InChI is InChI=1S/C17H28N2O2/c1-4-19(13-15-7-5-6-8-18-15)12-14-9-16(20-2)11-17(10-14)21-3/h9-11,15,18H,4-8,12-13H2,1-3H3. The van der Waals surface area contributed by atoms with Crippen LogP contribution in [0.25, 0.3) is 0 Å². The zero-order valence-corrected chi connectivity index (χ0v) is 13.5. The first kappa shape index (κ1) is 16.1. The minimum absolute atomic E-state index is 0.631. The second kappa shape index (κ2) is 8.25. The van der Waals surface area contributed by atoms with Gasteiger partial charge < -0.3 is 14.8 Å².